The van der Waals surface area contributed by atoms with Crippen molar-refractivity contribution in [2.75, 3.05) is 53.4 Å². The molecule has 0 fully saturated rings. The molecular weight excluding hydrogens is 1100 g/mol. The fourth-order valence-corrected chi connectivity index (χ4v) is 10.3. The van der Waals surface area contributed by atoms with E-state index in [0.29, 0.717) is 21.5 Å². The number of halogens is 5. The van der Waals surface area contributed by atoms with E-state index in [1.807, 2.05) is 7.05 Å². The summed E-state index contributed by atoms with van der Waals surface area (Å²) in [5.74, 6) is -2.94. The number of nitrogens with zero attached hydrogens (tertiary/aromatic N) is 4. The number of ether oxygens (including phenoxy) is 2. The van der Waals surface area contributed by atoms with E-state index in [1.54, 1.807) is 61.7 Å². The number of sulfonamides is 2. The van der Waals surface area contributed by atoms with Crippen LogP contribution < -0.4 is 32.0 Å². The quantitative estimate of drug-likeness (QED) is 0.0426. The number of carbonyl (C=O) groups excluding carboxylic acids is 2. The first-order valence-corrected chi connectivity index (χ1v) is 27.3. The van der Waals surface area contributed by atoms with Gasteiger partial charge in [0.25, 0.3) is 5.91 Å². The molecular formula is C53H65BrF4N8O8S2. The molecule has 23 heteroatoms. The Morgan fingerprint density at radius 3 is 1.42 bits per heavy atom. The summed E-state index contributed by atoms with van der Waals surface area (Å²) >= 11 is 3.26. The highest BCUT2D eigenvalue weighted by atomic mass is 79.9. The van der Waals surface area contributed by atoms with Crippen LogP contribution in [0.5, 0.6) is 11.5 Å². The number of ketones is 1. The number of carbonyl (C=O) groups is 2. The van der Waals surface area contributed by atoms with Gasteiger partial charge in [-0.25, -0.2) is 48.0 Å². The number of nitrogens with one attached hydrogen (secondary N) is 1. The van der Waals surface area contributed by atoms with Gasteiger partial charge in [0.05, 0.1) is 49.2 Å². The van der Waals surface area contributed by atoms with Gasteiger partial charge in [-0.05, 0) is 123 Å². The van der Waals surface area contributed by atoms with Gasteiger partial charge in [-0.2, -0.15) is 0 Å². The molecule has 0 spiro atoms. The van der Waals surface area contributed by atoms with Gasteiger partial charge in [0.1, 0.15) is 46.2 Å². The van der Waals surface area contributed by atoms with Gasteiger partial charge in [-0.3, -0.25) is 14.6 Å². The molecule has 2 aromatic heterocycles. The first-order valence-electron chi connectivity index (χ1n) is 23.2. The molecule has 7 N–H and O–H groups in total. The van der Waals surface area contributed by atoms with Crippen LogP contribution in [0.15, 0.2) is 126 Å². The Labute approximate surface area is 451 Å². The van der Waals surface area contributed by atoms with Gasteiger partial charge in [0.15, 0.2) is 5.78 Å². The molecule has 16 nitrogen and oxygen atoms in total. The lowest BCUT2D eigenvalue weighted by atomic mass is 9.92. The number of methoxy groups -OCH3 is 2. The van der Waals surface area contributed by atoms with E-state index >= 15 is 0 Å². The number of primary amides is 1. The smallest absolute Gasteiger partial charge is 0.267 e. The zero-order valence-corrected chi connectivity index (χ0v) is 46.7. The van der Waals surface area contributed by atoms with Crippen molar-refractivity contribution >= 4 is 47.7 Å². The number of hydrogen-bond acceptors (Lipinski definition) is 13. The summed E-state index contributed by atoms with van der Waals surface area (Å²) in [7, 11) is 0.375. The fraction of sp³-hybridized carbons (Fsp3) is 0.321. The van der Waals surface area contributed by atoms with E-state index in [-0.39, 0.29) is 42.0 Å². The van der Waals surface area contributed by atoms with Crippen molar-refractivity contribution in [3.05, 3.63) is 189 Å². The molecule has 2 heterocycles. The predicted octanol–water partition coefficient (Wildman–Crippen LogP) is 7.60. The molecule has 0 aliphatic rings. The Morgan fingerprint density at radius 1 is 0.645 bits per heavy atom. The zero-order valence-electron chi connectivity index (χ0n) is 43.5. The minimum Gasteiger partial charge on any atom is -0.497 e. The highest BCUT2D eigenvalue weighted by molar-refractivity contribution is 9.10. The lowest BCUT2D eigenvalue weighted by Crippen LogP contribution is -2.45. The lowest BCUT2D eigenvalue weighted by molar-refractivity contribution is 0.0982. The number of amides is 1. The maximum Gasteiger partial charge on any atom is 0.267 e. The number of Topliss-reactive ketones (excluding diaryl/α,β-unsaturated/α-hetero) is 1. The number of aromatic nitrogens is 2. The van der Waals surface area contributed by atoms with E-state index in [9.17, 15) is 44.0 Å². The normalized spacial score (nSPS) is 12.9. The van der Waals surface area contributed by atoms with Crippen LogP contribution >= 0.6 is 15.9 Å². The summed E-state index contributed by atoms with van der Waals surface area (Å²) in [4.78, 5) is 30.0. The maximum atomic E-state index is 14.7. The van der Waals surface area contributed by atoms with E-state index in [4.69, 9.17) is 26.7 Å². The Balaban J connectivity index is 0.000000322. The first-order chi connectivity index (χ1) is 35.6. The second-order valence-corrected chi connectivity index (χ2v) is 22.9. The number of rotatable bonds is 20. The van der Waals surface area contributed by atoms with E-state index in [1.165, 1.54) is 82.2 Å². The van der Waals surface area contributed by atoms with Crippen LogP contribution in [0.3, 0.4) is 0 Å². The summed E-state index contributed by atoms with van der Waals surface area (Å²) in [6.07, 6.45) is 2.98. The van der Waals surface area contributed by atoms with Crippen LogP contribution in [0, 0.1) is 23.3 Å². The van der Waals surface area contributed by atoms with Gasteiger partial charge < -0.3 is 32.0 Å². The van der Waals surface area contributed by atoms with Crippen LogP contribution in [0.1, 0.15) is 76.0 Å². The maximum absolute atomic E-state index is 14.7. The number of hydrogen-bond donors (Lipinski definition) is 4. The monoisotopic (exact) mass is 1160 g/mol. The number of pyridine rings is 2. The van der Waals surface area contributed by atoms with Gasteiger partial charge in [-0.15, -0.1) is 0 Å². The van der Waals surface area contributed by atoms with Crippen molar-refractivity contribution in [3.63, 3.8) is 0 Å². The van der Waals surface area contributed by atoms with Gasteiger partial charge in [0.2, 0.25) is 20.0 Å². The molecule has 0 bridgehead atoms. The molecule has 76 heavy (non-hydrogen) atoms. The Morgan fingerprint density at radius 2 is 1.05 bits per heavy atom. The molecule has 2 atom stereocenters. The number of nitrogens with two attached hydrogens (primary N) is 3. The zero-order chi connectivity index (χ0) is 57.0. The predicted molar refractivity (Wildman–Crippen MR) is 289 cm³/mol. The average molecular weight is 1160 g/mol. The Hall–Kier alpha value is -6.18. The van der Waals surface area contributed by atoms with Crippen LogP contribution in [0.2, 0.25) is 0 Å². The lowest BCUT2D eigenvalue weighted by Gasteiger charge is -2.28. The van der Waals surface area contributed by atoms with Crippen LogP contribution in [-0.2, 0) is 50.6 Å². The van der Waals surface area contributed by atoms with E-state index in [2.05, 4.69) is 38.1 Å². The fourth-order valence-electron chi connectivity index (χ4n) is 6.95. The van der Waals surface area contributed by atoms with E-state index < -0.39 is 77.6 Å². The minimum atomic E-state index is -3.88. The average Bonchev–Trinajstić information content (AvgIpc) is 3.36. The molecule has 0 unspecified atom stereocenters. The SMILES string of the molecule is CCCNC.COc1ccc(CN(C)S(=O)(=O)C[C@](C)(N)c2cc(Br)ccc2F)cc1.COc1ccc(CN(C)S(=O)(=O)C[C@](C)(N)c2cc(CC(=O)c3ccc(F)cn3)ccc2F)cc1.NC(=O)c1ccc(F)cn1. The van der Waals surface area contributed by atoms with Crippen LogP contribution in [0.4, 0.5) is 17.6 Å². The highest BCUT2D eigenvalue weighted by Crippen LogP contribution is 2.29. The molecule has 412 valence electrons. The summed E-state index contributed by atoms with van der Waals surface area (Å²) < 4.78 is 119. The second kappa shape index (κ2) is 29.4. The molecule has 0 saturated heterocycles. The number of benzene rings is 4. The third-order valence-corrected chi connectivity index (χ3v) is 15.7. The second-order valence-electron chi connectivity index (χ2n) is 17.8. The van der Waals surface area contributed by atoms with Crippen molar-refractivity contribution < 1.29 is 53.5 Å². The molecule has 0 aliphatic heterocycles. The highest BCUT2D eigenvalue weighted by Gasteiger charge is 2.35. The van der Waals surface area contributed by atoms with Crippen molar-refractivity contribution in [1.29, 1.82) is 0 Å². The Bertz CT molecular complexity index is 3050. The summed E-state index contributed by atoms with van der Waals surface area (Å²) in [5, 5.41) is 3.02. The van der Waals surface area contributed by atoms with Crippen molar-refractivity contribution in [2.24, 2.45) is 17.2 Å². The van der Waals surface area contributed by atoms with E-state index in [0.717, 1.165) is 52.6 Å². The summed E-state index contributed by atoms with van der Waals surface area (Å²) in [5.41, 5.74) is 16.6. The molecule has 6 rings (SSSR count). The topological polar surface area (TPSA) is 243 Å². The van der Waals surface area contributed by atoms with Crippen molar-refractivity contribution in [2.45, 2.75) is 57.8 Å². The standard InChI is InChI=1S/C25H27F2N3O4S.C18H22BrFN2O3S.C6H5FN2O.C4H11N/c1-25(28,16-35(32,33)30(2)15-17-4-8-20(34-3)9-5-17)21-12-18(6-10-22(21)27)13-24(31)23-11-7-19(26)14-29-23;1-18(21,16-10-14(19)6-9-17(16)20)12-26(23,24)22(2)11-13-4-7-15(25-3)8-5-13;7-4-1-2-5(6(8)10)9-3-4;1-3-4-5-2/h4-12,14H,13,15-16,28H2,1-3H3;4-10H,11-12,21H2,1-3H3;1-3H,(H2,8,10);5H,3-4H2,1-2H3/t25-;18-;;/m00../s1. The third kappa shape index (κ3) is 20.4. The van der Waals surface area contributed by atoms with Gasteiger partial charge in [0, 0.05) is 49.2 Å². The van der Waals surface area contributed by atoms with Gasteiger partial charge >= 0.3 is 0 Å². The van der Waals surface area contributed by atoms with Crippen LogP contribution in [-0.4, -0.2) is 101 Å². The third-order valence-electron chi connectivity index (χ3n) is 11.1. The molecule has 0 saturated carbocycles. The molecule has 0 aliphatic carbocycles. The summed E-state index contributed by atoms with van der Waals surface area (Å²) in [6.45, 7) is 6.51. The Kier molecular flexibility index (Phi) is 24.8. The van der Waals surface area contributed by atoms with Crippen molar-refractivity contribution in [3.8, 4) is 11.5 Å². The molecule has 6 aromatic rings. The van der Waals surface area contributed by atoms with Gasteiger partial charge in [-0.1, -0.05) is 59.3 Å². The first kappa shape index (κ1) is 64.1. The molecule has 1 amide bonds. The minimum absolute atomic E-state index is 0.0312. The molecule has 0 radical (unpaired) electrons. The summed E-state index contributed by atoms with van der Waals surface area (Å²) in [6, 6.07) is 27.1. The van der Waals surface area contributed by atoms with Crippen LogP contribution in [0.25, 0.3) is 0 Å². The largest absolute Gasteiger partial charge is 0.497 e. The molecule has 4 aromatic carbocycles. The van der Waals surface area contributed by atoms with Crippen molar-refractivity contribution in [1.82, 2.24) is 23.9 Å².